The first-order valence-electron chi connectivity index (χ1n) is 7.84. The van der Waals surface area contributed by atoms with Gasteiger partial charge in [-0.2, -0.15) is 0 Å². The molecule has 4 heteroatoms. The number of amides is 1. The summed E-state index contributed by atoms with van der Waals surface area (Å²) in [6.07, 6.45) is 2.19. The molecule has 4 nitrogen and oxygen atoms in total. The molecule has 0 aliphatic rings. The third kappa shape index (κ3) is 9.18. The minimum absolute atomic E-state index is 0.246. The minimum atomic E-state index is -0.428. The SMILES string of the molecule is CCC(CC)CNCC(C)CN(C)C(=O)OC(C)(C)C. The Balaban J connectivity index is 3.95. The molecule has 120 valence electrons. The highest BCUT2D eigenvalue weighted by atomic mass is 16.6. The monoisotopic (exact) mass is 286 g/mol. The largest absolute Gasteiger partial charge is 0.444 e. The maximum atomic E-state index is 11.9. The average Bonchev–Trinajstić information content (AvgIpc) is 2.32. The molecule has 0 aromatic heterocycles. The Morgan fingerprint density at radius 3 is 2.20 bits per heavy atom. The first-order chi connectivity index (χ1) is 9.19. The van der Waals surface area contributed by atoms with E-state index in [9.17, 15) is 4.79 Å². The molecule has 0 fully saturated rings. The highest BCUT2D eigenvalue weighted by Gasteiger charge is 2.20. The number of nitrogens with one attached hydrogen (secondary N) is 1. The standard InChI is InChI=1S/C16H34N2O2/c1-8-14(9-2)11-17-10-13(3)12-18(7)15(19)20-16(4,5)6/h13-14,17H,8-12H2,1-7H3. The van der Waals surface area contributed by atoms with E-state index < -0.39 is 5.60 Å². The van der Waals surface area contributed by atoms with Crippen molar-refractivity contribution in [1.29, 1.82) is 0 Å². The molecule has 0 rings (SSSR count). The van der Waals surface area contributed by atoms with E-state index in [1.54, 1.807) is 11.9 Å². The van der Waals surface area contributed by atoms with Crippen LogP contribution in [0.4, 0.5) is 4.79 Å². The van der Waals surface area contributed by atoms with Crippen LogP contribution in [0.5, 0.6) is 0 Å². The van der Waals surface area contributed by atoms with Gasteiger partial charge in [0.05, 0.1) is 0 Å². The first kappa shape index (κ1) is 19.2. The van der Waals surface area contributed by atoms with Gasteiger partial charge < -0.3 is 15.0 Å². The van der Waals surface area contributed by atoms with Crippen LogP contribution in [-0.4, -0.2) is 43.3 Å². The van der Waals surface area contributed by atoms with Crippen molar-refractivity contribution in [3.8, 4) is 0 Å². The summed E-state index contributed by atoms with van der Waals surface area (Å²) in [5.74, 6) is 1.17. The van der Waals surface area contributed by atoms with E-state index in [1.807, 2.05) is 20.8 Å². The van der Waals surface area contributed by atoms with E-state index >= 15 is 0 Å². The van der Waals surface area contributed by atoms with Gasteiger partial charge in [0.2, 0.25) is 0 Å². The number of carbonyl (C=O) groups is 1. The lowest BCUT2D eigenvalue weighted by atomic mass is 10.0. The highest BCUT2D eigenvalue weighted by Crippen LogP contribution is 2.10. The van der Waals surface area contributed by atoms with Crippen molar-refractivity contribution in [2.45, 2.75) is 60.0 Å². The number of nitrogens with zero attached hydrogens (tertiary/aromatic N) is 1. The molecule has 0 heterocycles. The van der Waals surface area contributed by atoms with E-state index in [2.05, 4.69) is 26.1 Å². The Morgan fingerprint density at radius 2 is 1.75 bits per heavy atom. The summed E-state index contributed by atoms with van der Waals surface area (Å²) in [4.78, 5) is 13.5. The Labute approximate surface area is 125 Å². The lowest BCUT2D eigenvalue weighted by Gasteiger charge is -2.26. The van der Waals surface area contributed by atoms with Gasteiger partial charge in [-0.25, -0.2) is 4.79 Å². The van der Waals surface area contributed by atoms with Gasteiger partial charge in [-0.1, -0.05) is 33.6 Å². The molecule has 1 N–H and O–H groups in total. The zero-order valence-electron chi connectivity index (χ0n) is 14.5. The molecule has 20 heavy (non-hydrogen) atoms. The summed E-state index contributed by atoms with van der Waals surface area (Å²) in [5.41, 5.74) is -0.428. The van der Waals surface area contributed by atoms with E-state index in [-0.39, 0.29) is 6.09 Å². The van der Waals surface area contributed by atoms with Crippen LogP contribution < -0.4 is 5.32 Å². The molecule has 0 radical (unpaired) electrons. The van der Waals surface area contributed by atoms with Crippen molar-refractivity contribution in [1.82, 2.24) is 10.2 Å². The third-order valence-corrected chi connectivity index (χ3v) is 3.37. The topological polar surface area (TPSA) is 41.6 Å². The van der Waals surface area contributed by atoms with E-state index in [0.29, 0.717) is 12.5 Å². The molecule has 0 aliphatic heterocycles. The summed E-state index contributed by atoms with van der Waals surface area (Å²) in [6, 6.07) is 0. The molecule has 0 aromatic rings. The lowest BCUT2D eigenvalue weighted by Crippen LogP contribution is -2.39. The molecular formula is C16H34N2O2. The molecule has 0 aromatic carbocycles. The van der Waals surface area contributed by atoms with Crippen LogP contribution in [0.3, 0.4) is 0 Å². The van der Waals surface area contributed by atoms with Crippen LogP contribution in [0.25, 0.3) is 0 Å². The third-order valence-electron chi connectivity index (χ3n) is 3.37. The number of rotatable bonds is 8. The molecule has 0 saturated carbocycles. The summed E-state index contributed by atoms with van der Waals surface area (Å²) < 4.78 is 5.34. The van der Waals surface area contributed by atoms with E-state index in [0.717, 1.165) is 19.0 Å². The fraction of sp³-hybridized carbons (Fsp3) is 0.938. The van der Waals surface area contributed by atoms with Gasteiger partial charge in [-0.3, -0.25) is 0 Å². The quantitative estimate of drug-likeness (QED) is 0.742. The Kier molecular flexibility index (Phi) is 8.86. The number of hydrogen-bond donors (Lipinski definition) is 1. The fourth-order valence-electron chi connectivity index (χ4n) is 2.06. The Morgan fingerprint density at radius 1 is 1.20 bits per heavy atom. The molecule has 1 atom stereocenters. The fourth-order valence-corrected chi connectivity index (χ4v) is 2.06. The number of carbonyl (C=O) groups excluding carboxylic acids is 1. The van der Waals surface area contributed by atoms with E-state index in [1.165, 1.54) is 12.8 Å². The number of hydrogen-bond acceptors (Lipinski definition) is 3. The molecule has 0 saturated heterocycles. The van der Waals surface area contributed by atoms with Crippen LogP contribution in [0.1, 0.15) is 54.4 Å². The normalized spacial score (nSPS) is 13.4. The first-order valence-corrected chi connectivity index (χ1v) is 7.84. The van der Waals surface area contributed by atoms with Crippen molar-refractivity contribution in [2.24, 2.45) is 11.8 Å². The Bertz CT molecular complexity index is 270. The van der Waals surface area contributed by atoms with Crippen LogP contribution >= 0.6 is 0 Å². The van der Waals surface area contributed by atoms with E-state index in [4.69, 9.17) is 4.74 Å². The summed E-state index contributed by atoms with van der Waals surface area (Å²) in [7, 11) is 1.80. The van der Waals surface area contributed by atoms with Crippen molar-refractivity contribution in [3.05, 3.63) is 0 Å². The van der Waals surface area contributed by atoms with Gasteiger partial charge in [0.15, 0.2) is 0 Å². The summed E-state index contributed by atoms with van der Waals surface area (Å²) in [5, 5.41) is 3.50. The van der Waals surface area contributed by atoms with Gasteiger partial charge in [0, 0.05) is 13.6 Å². The molecular weight excluding hydrogens is 252 g/mol. The van der Waals surface area contributed by atoms with Crippen molar-refractivity contribution in [2.75, 3.05) is 26.7 Å². The van der Waals surface area contributed by atoms with Crippen molar-refractivity contribution in [3.63, 3.8) is 0 Å². The van der Waals surface area contributed by atoms with Crippen LogP contribution in [0, 0.1) is 11.8 Å². The van der Waals surface area contributed by atoms with Gasteiger partial charge in [0.1, 0.15) is 5.60 Å². The maximum absolute atomic E-state index is 11.9. The maximum Gasteiger partial charge on any atom is 0.410 e. The molecule has 1 amide bonds. The summed E-state index contributed by atoms with van der Waals surface area (Å²) >= 11 is 0. The Hall–Kier alpha value is -0.770. The van der Waals surface area contributed by atoms with Crippen molar-refractivity contribution < 1.29 is 9.53 Å². The lowest BCUT2D eigenvalue weighted by molar-refractivity contribution is 0.0277. The predicted octanol–water partition coefficient (Wildman–Crippen LogP) is 3.52. The number of ether oxygens (including phenoxy) is 1. The van der Waals surface area contributed by atoms with Crippen LogP contribution in [0.15, 0.2) is 0 Å². The summed E-state index contributed by atoms with van der Waals surface area (Å²) in [6.45, 7) is 15.0. The van der Waals surface area contributed by atoms with Gasteiger partial charge >= 0.3 is 6.09 Å². The average molecular weight is 286 g/mol. The van der Waals surface area contributed by atoms with Gasteiger partial charge in [-0.15, -0.1) is 0 Å². The smallest absolute Gasteiger partial charge is 0.410 e. The van der Waals surface area contributed by atoms with Crippen LogP contribution in [0.2, 0.25) is 0 Å². The molecule has 0 spiro atoms. The highest BCUT2D eigenvalue weighted by molar-refractivity contribution is 5.67. The molecule has 0 bridgehead atoms. The predicted molar refractivity (Wildman–Crippen MR) is 85.0 cm³/mol. The van der Waals surface area contributed by atoms with Crippen molar-refractivity contribution >= 4 is 6.09 Å². The zero-order valence-corrected chi connectivity index (χ0v) is 14.5. The second kappa shape index (κ2) is 9.22. The molecule has 0 aliphatic carbocycles. The minimum Gasteiger partial charge on any atom is -0.444 e. The van der Waals surface area contributed by atoms with Crippen LogP contribution in [-0.2, 0) is 4.74 Å². The second-order valence-electron chi connectivity index (χ2n) is 6.81. The second-order valence-corrected chi connectivity index (χ2v) is 6.81. The van der Waals surface area contributed by atoms with Gasteiger partial charge in [-0.05, 0) is 45.7 Å². The zero-order chi connectivity index (χ0) is 15.8. The molecule has 1 unspecified atom stereocenters. The van der Waals surface area contributed by atoms with Gasteiger partial charge in [0.25, 0.3) is 0 Å².